The number of anilines is 1. The lowest BCUT2D eigenvalue weighted by atomic mass is 10.1. The standard InChI is InChI=1S/C20H24F2N4O4/c1-20(2,3)30-19(28)26-7-8-29-15-9-12(5-6-13(15)10-26)18(27)23-14-11-25(4)24-16(14)17(21)22/h5-6,9,11,17H,7-8,10H2,1-4H3,(H,23,27). The number of nitrogens with one attached hydrogen (secondary N) is 1. The monoisotopic (exact) mass is 422 g/mol. The van der Waals surface area contributed by atoms with Gasteiger partial charge in [-0.1, -0.05) is 6.07 Å². The van der Waals surface area contributed by atoms with Gasteiger partial charge in [0.05, 0.1) is 18.8 Å². The average Bonchev–Trinajstić information content (AvgIpc) is 2.87. The predicted octanol–water partition coefficient (Wildman–Crippen LogP) is 3.74. The van der Waals surface area contributed by atoms with Crippen molar-refractivity contribution in [2.24, 2.45) is 7.05 Å². The third-order valence-corrected chi connectivity index (χ3v) is 4.27. The number of fused-ring (bicyclic) bond motifs is 1. The lowest BCUT2D eigenvalue weighted by molar-refractivity contribution is 0.0225. The van der Waals surface area contributed by atoms with Gasteiger partial charge in [0.1, 0.15) is 18.0 Å². The summed E-state index contributed by atoms with van der Waals surface area (Å²) in [6.07, 6.45) is -1.94. The molecule has 1 aliphatic heterocycles. The summed E-state index contributed by atoms with van der Waals surface area (Å²) in [7, 11) is 1.49. The molecule has 2 aromatic rings. The molecule has 0 saturated heterocycles. The van der Waals surface area contributed by atoms with Gasteiger partial charge in [0.15, 0.2) is 5.69 Å². The maximum atomic E-state index is 13.1. The molecule has 162 valence electrons. The van der Waals surface area contributed by atoms with Gasteiger partial charge in [-0.3, -0.25) is 9.48 Å². The van der Waals surface area contributed by atoms with E-state index in [9.17, 15) is 18.4 Å². The first-order valence-corrected chi connectivity index (χ1v) is 9.40. The molecule has 1 aromatic heterocycles. The van der Waals surface area contributed by atoms with E-state index in [4.69, 9.17) is 9.47 Å². The third-order valence-electron chi connectivity index (χ3n) is 4.27. The Bertz CT molecular complexity index is 953. The second-order valence-corrected chi connectivity index (χ2v) is 7.93. The summed E-state index contributed by atoms with van der Waals surface area (Å²) in [6.45, 7) is 6.21. The summed E-state index contributed by atoms with van der Waals surface area (Å²) in [6, 6.07) is 4.75. The predicted molar refractivity (Wildman–Crippen MR) is 105 cm³/mol. The highest BCUT2D eigenvalue weighted by Crippen LogP contribution is 2.28. The van der Waals surface area contributed by atoms with Crippen LogP contribution in [0.15, 0.2) is 24.4 Å². The fourth-order valence-electron chi connectivity index (χ4n) is 2.95. The van der Waals surface area contributed by atoms with Crippen LogP contribution in [0.3, 0.4) is 0 Å². The molecule has 1 aliphatic rings. The number of hydrogen-bond acceptors (Lipinski definition) is 5. The number of aromatic nitrogens is 2. The highest BCUT2D eigenvalue weighted by molar-refractivity contribution is 6.04. The van der Waals surface area contributed by atoms with Gasteiger partial charge < -0.3 is 19.7 Å². The molecular weight excluding hydrogens is 398 g/mol. The molecule has 2 heterocycles. The number of alkyl halides is 2. The zero-order valence-electron chi connectivity index (χ0n) is 17.2. The number of carbonyl (C=O) groups is 2. The zero-order chi connectivity index (χ0) is 22.1. The van der Waals surface area contributed by atoms with Crippen LogP contribution in [-0.4, -0.2) is 45.4 Å². The van der Waals surface area contributed by atoms with Crippen molar-refractivity contribution in [3.8, 4) is 5.75 Å². The average molecular weight is 422 g/mol. The van der Waals surface area contributed by atoms with Crippen molar-refractivity contribution in [1.82, 2.24) is 14.7 Å². The van der Waals surface area contributed by atoms with Crippen LogP contribution in [-0.2, 0) is 18.3 Å². The van der Waals surface area contributed by atoms with E-state index >= 15 is 0 Å². The van der Waals surface area contributed by atoms with Crippen LogP contribution < -0.4 is 10.1 Å². The van der Waals surface area contributed by atoms with E-state index in [-0.39, 0.29) is 24.4 Å². The van der Waals surface area contributed by atoms with Gasteiger partial charge in [-0.05, 0) is 32.9 Å². The smallest absolute Gasteiger partial charge is 0.410 e. The van der Waals surface area contributed by atoms with E-state index in [1.54, 1.807) is 32.9 Å². The van der Waals surface area contributed by atoms with Crippen LogP contribution in [0.25, 0.3) is 0 Å². The Kier molecular flexibility index (Phi) is 5.95. The second-order valence-electron chi connectivity index (χ2n) is 7.93. The van der Waals surface area contributed by atoms with E-state index in [0.717, 1.165) is 0 Å². The van der Waals surface area contributed by atoms with E-state index in [1.807, 2.05) is 0 Å². The molecule has 0 radical (unpaired) electrons. The van der Waals surface area contributed by atoms with Crippen molar-refractivity contribution >= 4 is 17.7 Å². The molecular formula is C20H24F2N4O4. The van der Waals surface area contributed by atoms with Crippen LogP contribution in [0.2, 0.25) is 0 Å². The number of rotatable bonds is 3. The van der Waals surface area contributed by atoms with Crippen LogP contribution in [0, 0.1) is 0 Å². The van der Waals surface area contributed by atoms with Crippen LogP contribution in [0.1, 0.15) is 48.8 Å². The highest BCUT2D eigenvalue weighted by atomic mass is 19.3. The Morgan fingerprint density at radius 3 is 2.70 bits per heavy atom. The Morgan fingerprint density at radius 1 is 1.30 bits per heavy atom. The fraction of sp³-hybridized carbons (Fsp3) is 0.450. The Hall–Kier alpha value is -3.17. The molecule has 0 atom stereocenters. The molecule has 1 aromatic carbocycles. The molecule has 8 nitrogen and oxygen atoms in total. The van der Waals surface area contributed by atoms with Gasteiger partial charge in [-0.25, -0.2) is 13.6 Å². The minimum absolute atomic E-state index is 0.0514. The highest BCUT2D eigenvalue weighted by Gasteiger charge is 2.26. The number of benzene rings is 1. The van der Waals surface area contributed by atoms with Gasteiger partial charge in [-0.2, -0.15) is 5.10 Å². The van der Waals surface area contributed by atoms with E-state index in [0.29, 0.717) is 17.9 Å². The molecule has 0 aliphatic carbocycles. The molecule has 30 heavy (non-hydrogen) atoms. The normalized spacial score (nSPS) is 14.0. The molecule has 0 unspecified atom stereocenters. The topological polar surface area (TPSA) is 85.7 Å². The number of carbonyl (C=O) groups excluding carboxylic acids is 2. The number of aryl methyl sites for hydroxylation is 1. The first kappa shape index (κ1) is 21.5. The van der Waals surface area contributed by atoms with Crippen molar-refractivity contribution < 1.29 is 27.8 Å². The molecule has 0 saturated carbocycles. The van der Waals surface area contributed by atoms with Crippen LogP contribution >= 0.6 is 0 Å². The quantitative estimate of drug-likeness (QED) is 0.815. The van der Waals surface area contributed by atoms with Crippen molar-refractivity contribution in [3.63, 3.8) is 0 Å². The summed E-state index contributed by atoms with van der Waals surface area (Å²) >= 11 is 0. The first-order chi connectivity index (χ1) is 14.0. The maximum absolute atomic E-state index is 13.1. The summed E-state index contributed by atoms with van der Waals surface area (Å²) < 4.78 is 38.5. The summed E-state index contributed by atoms with van der Waals surface area (Å²) in [5.41, 5.74) is -0.208. The first-order valence-electron chi connectivity index (χ1n) is 9.40. The molecule has 0 fully saturated rings. The minimum atomic E-state index is -2.81. The number of hydrogen-bond donors (Lipinski definition) is 1. The Balaban J connectivity index is 1.76. The maximum Gasteiger partial charge on any atom is 0.410 e. The van der Waals surface area contributed by atoms with Gasteiger partial charge in [-0.15, -0.1) is 0 Å². The SMILES string of the molecule is Cn1cc(NC(=O)c2ccc3c(c2)OCCN(C(=O)OC(C)(C)C)C3)c(C(F)F)n1. The largest absolute Gasteiger partial charge is 0.491 e. The lowest BCUT2D eigenvalue weighted by Gasteiger charge is -2.26. The number of ether oxygens (including phenoxy) is 2. The number of halogens is 2. The summed E-state index contributed by atoms with van der Waals surface area (Å²) in [5.74, 6) is -0.112. The van der Waals surface area contributed by atoms with Crippen molar-refractivity contribution in [2.75, 3.05) is 18.5 Å². The van der Waals surface area contributed by atoms with Crippen molar-refractivity contribution in [2.45, 2.75) is 39.3 Å². The molecule has 1 N–H and O–H groups in total. The number of nitrogens with zero attached hydrogens (tertiary/aromatic N) is 3. The van der Waals surface area contributed by atoms with E-state index < -0.39 is 29.7 Å². The minimum Gasteiger partial charge on any atom is -0.491 e. The fourth-order valence-corrected chi connectivity index (χ4v) is 2.95. The van der Waals surface area contributed by atoms with Gasteiger partial charge in [0.2, 0.25) is 0 Å². The van der Waals surface area contributed by atoms with Crippen LogP contribution in [0.5, 0.6) is 5.75 Å². The van der Waals surface area contributed by atoms with E-state index in [2.05, 4.69) is 10.4 Å². The third kappa shape index (κ3) is 5.05. The van der Waals surface area contributed by atoms with E-state index in [1.165, 1.54) is 28.9 Å². The Labute approximate surface area is 172 Å². The zero-order valence-corrected chi connectivity index (χ0v) is 17.2. The molecule has 0 bridgehead atoms. The molecule has 10 heteroatoms. The lowest BCUT2D eigenvalue weighted by Crippen LogP contribution is -2.37. The molecule has 2 amide bonds. The van der Waals surface area contributed by atoms with Gasteiger partial charge in [0, 0.05) is 24.4 Å². The summed E-state index contributed by atoms with van der Waals surface area (Å²) in [5, 5.41) is 6.13. The molecule has 0 spiro atoms. The van der Waals surface area contributed by atoms with Crippen LogP contribution in [0.4, 0.5) is 19.3 Å². The second kappa shape index (κ2) is 8.29. The number of amides is 2. The van der Waals surface area contributed by atoms with Gasteiger partial charge in [0.25, 0.3) is 12.3 Å². The van der Waals surface area contributed by atoms with Crippen molar-refractivity contribution in [3.05, 3.63) is 41.2 Å². The Morgan fingerprint density at radius 2 is 2.03 bits per heavy atom. The van der Waals surface area contributed by atoms with Gasteiger partial charge >= 0.3 is 6.09 Å². The van der Waals surface area contributed by atoms with Crippen molar-refractivity contribution in [1.29, 1.82) is 0 Å². The summed E-state index contributed by atoms with van der Waals surface area (Å²) in [4.78, 5) is 26.5. The molecule has 3 rings (SSSR count).